The Kier molecular flexibility index (Phi) is 10.3. The zero-order valence-corrected chi connectivity index (χ0v) is 18.6. The maximum atomic E-state index is 5.69. The van der Waals surface area contributed by atoms with Gasteiger partial charge in [-0.15, -0.1) is 24.0 Å². The number of hydrogen-bond donors (Lipinski definition) is 2. The van der Waals surface area contributed by atoms with E-state index in [0.717, 1.165) is 28.8 Å². The minimum atomic E-state index is 0. The monoisotopic (exact) mass is 485 g/mol. The lowest BCUT2D eigenvalue weighted by molar-refractivity contribution is 0.321. The summed E-state index contributed by atoms with van der Waals surface area (Å²) in [5.41, 5.74) is 1.14. The van der Waals surface area contributed by atoms with Gasteiger partial charge in [0.2, 0.25) is 0 Å². The van der Waals surface area contributed by atoms with E-state index in [-0.39, 0.29) is 24.0 Å². The minimum absolute atomic E-state index is 0. The Morgan fingerprint density at radius 3 is 2.44 bits per heavy atom. The fraction of sp³-hybridized carbons (Fsp3) is 0.368. The molecular weight excluding hydrogens is 457 g/mol. The summed E-state index contributed by atoms with van der Waals surface area (Å²) in [4.78, 5) is 10.5. The molecule has 7 nitrogen and oxygen atoms in total. The number of ether oxygens (including phenoxy) is 2. The highest BCUT2D eigenvalue weighted by atomic mass is 127. The molecule has 0 spiro atoms. The molecule has 0 aliphatic carbocycles. The summed E-state index contributed by atoms with van der Waals surface area (Å²) in [6, 6.07) is 11.6. The summed E-state index contributed by atoms with van der Waals surface area (Å²) in [6.07, 6.45) is 1.81. The van der Waals surface area contributed by atoms with Crippen molar-refractivity contribution in [1.29, 1.82) is 0 Å². The maximum Gasteiger partial charge on any atom is 0.191 e. The van der Waals surface area contributed by atoms with E-state index >= 15 is 0 Å². The lowest BCUT2D eigenvalue weighted by Gasteiger charge is -2.14. The van der Waals surface area contributed by atoms with Crippen molar-refractivity contribution in [3.05, 3.63) is 48.2 Å². The Balaban J connectivity index is 0.00000364. The van der Waals surface area contributed by atoms with Crippen LogP contribution < -0.4 is 25.0 Å². The molecule has 0 aliphatic rings. The topological polar surface area (TPSA) is 71.0 Å². The number of anilines is 1. The summed E-state index contributed by atoms with van der Waals surface area (Å²) in [5.74, 6) is 3.28. The van der Waals surface area contributed by atoms with E-state index in [1.165, 1.54) is 0 Å². The van der Waals surface area contributed by atoms with E-state index in [2.05, 4.69) is 20.6 Å². The van der Waals surface area contributed by atoms with E-state index in [4.69, 9.17) is 9.47 Å². The summed E-state index contributed by atoms with van der Waals surface area (Å²) < 4.78 is 10.8. The molecule has 2 N–H and O–H groups in total. The van der Waals surface area contributed by atoms with Gasteiger partial charge in [0.25, 0.3) is 0 Å². The molecule has 27 heavy (non-hydrogen) atoms. The first-order valence-electron chi connectivity index (χ1n) is 8.46. The van der Waals surface area contributed by atoms with E-state index in [0.29, 0.717) is 19.7 Å². The Labute approximate surface area is 178 Å². The van der Waals surface area contributed by atoms with Gasteiger partial charge >= 0.3 is 0 Å². The Morgan fingerprint density at radius 2 is 1.81 bits per heavy atom. The summed E-state index contributed by atoms with van der Waals surface area (Å²) in [5, 5.41) is 6.52. The molecule has 1 aromatic heterocycles. The van der Waals surface area contributed by atoms with Gasteiger partial charge in [-0.3, -0.25) is 4.99 Å². The first kappa shape index (κ1) is 22.8. The molecule has 8 heteroatoms. The Bertz CT molecular complexity index is 708. The normalized spacial score (nSPS) is 10.6. The van der Waals surface area contributed by atoms with Gasteiger partial charge in [0.1, 0.15) is 23.9 Å². The standard InChI is InChI=1S/C19H27N5O2.HI/c1-20-19(23-14-15-9-10-21-18(13-15)24(2)3)22-11-12-26-17-7-5-16(25-4)6-8-17;/h5-10,13H,11-12,14H2,1-4H3,(H2,20,22,23);1H. The highest BCUT2D eigenvalue weighted by Crippen LogP contribution is 2.16. The molecular formula is C19H28IN5O2. The predicted octanol–water partition coefficient (Wildman–Crippen LogP) is 2.52. The number of hydrogen-bond acceptors (Lipinski definition) is 5. The van der Waals surface area contributed by atoms with Gasteiger partial charge < -0.3 is 25.0 Å². The molecule has 0 saturated heterocycles. The first-order valence-corrected chi connectivity index (χ1v) is 8.46. The molecule has 0 bridgehead atoms. The van der Waals surface area contributed by atoms with Crippen LogP contribution in [0.15, 0.2) is 47.6 Å². The number of methoxy groups -OCH3 is 1. The number of pyridine rings is 1. The van der Waals surface area contributed by atoms with Crippen molar-refractivity contribution in [2.45, 2.75) is 6.54 Å². The van der Waals surface area contributed by atoms with Crippen LogP contribution in [-0.2, 0) is 6.54 Å². The second-order valence-electron chi connectivity index (χ2n) is 5.79. The van der Waals surface area contributed by atoms with Gasteiger partial charge in [0, 0.05) is 33.9 Å². The van der Waals surface area contributed by atoms with Gasteiger partial charge in [0.15, 0.2) is 5.96 Å². The molecule has 0 aliphatic heterocycles. The molecule has 0 unspecified atom stereocenters. The van der Waals surface area contributed by atoms with E-state index in [9.17, 15) is 0 Å². The highest BCUT2D eigenvalue weighted by molar-refractivity contribution is 14.0. The number of nitrogens with zero attached hydrogens (tertiary/aromatic N) is 3. The van der Waals surface area contributed by atoms with Crippen LogP contribution in [0.3, 0.4) is 0 Å². The Morgan fingerprint density at radius 1 is 1.11 bits per heavy atom. The largest absolute Gasteiger partial charge is 0.497 e. The molecule has 0 atom stereocenters. The van der Waals surface area contributed by atoms with E-state index in [1.807, 2.05) is 61.6 Å². The number of guanidine groups is 1. The molecule has 1 aromatic carbocycles. The fourth-order valence-electron chi connectivity index (χ4n) is 2.23. The van der Waals surface area contributed by atoms with Crippen LogP contribution >= 0.6 is 24.0 Å². The fourth-order valence-corrected chi connectivity index (χ4v) is 2.23. The van der Waals surface area contributed by atoms with Crippen molar-refractivity contribution in [1.82, 2.24) is 15.6 Å². The summed E-state index contributed by atoms with van der Waals surface area (Å²) in [7, 11) is 7.34. The van der Waals surface area contributed by atoms with Crippen LogP contribution in [0.25, 0.3) is 0 Å². The van der Waals surface area contributed by atoms with Gasteiger partial charge in [0.05, 0.1) is 13.7 Å². The average Bonchev–Trinajstić information content (AvgIpc) is 2.68. The van der Waals surface area contributed by atoms with Crippen molar-refractivity contribution < 1.29 is 9.47 Å². The van der Waals surface area contributed by atoms with Gasteiger partial charge in [-0.25, -0.2) is 4.98 Å². The molecule has 0 fully saturated rings. The second-order valence-corrected chi connectivity index (χ2v) is 5.79. The number of benzene rings is 1. The number of aromatic nitrogens is 1. The molecule has 1 heterocycles. The molecule has 148 valence electrons. The third-order valence-electron chi connectivity index (χ3n) is 3.67. The smallest absolute Gasteiger partial charge is 0.191 e. The van der Waals surface area contributed by atoms with Gasteiger partial charge in [-0.05, 0) is 42.0 Å². The van der Waals surface area contributed by atoms with Crippen molar-refractivity contribution in [2.24, 2.45) is 4.99 Å². The SMILES string of the molecule is CN=C(NCCOc1ccc(OC)cc1)NCc1ccnc(N(C)C)c1.I. The lowest BCUT2D eigenvalue weighted by Crippen LogP contribution is -2.38. The maximum absolute atomic E-state index is 5.69. The predicted molar refractivity (Wildman–Crippen MR) is 121 cm³/mol. The number of rotatable bonds is 8. The van der Waals surface area contributed by atoms with Crippen molar-refractivity contribution in [2.75, 3.05) is 46.3 Å². The van der Waals surface area contributed by atoms with Gasteiger partial charge in [-0.2, -0.15) is 0 Å². The number of aliphatic imine (C=N–C) groups is 1. The zero-order chi connectivity index (χ0) is 18.8. The van der Waals surface area contributed by atoms with Crippen LogP contribution in [0.2, 0.25) is 0 Å². The van der Waals surface area contributed by atoms with Crippen molar-refractivity contribution in [3.63, 3.8) is 0 Å². The molecule has 2 rings (SSSR count). The summed E-state index contributed by atoms with van der Waals surface area (Å²) in [6.45, 7) is 1.85. The first-order chi connectivity index (χ1) is 12.6. The van der Waals surface area contributed by atoms with Crippen molar-refractivity contribution >= 4 is 35.8 Å². The minimum Gasteiger partial charge on any atom is -0.497 e. The lowest BCUT2D eigenvalue weighted by atomic mass is 10.2. The van der Waals surface area contributed by atoms with Crippen LogP contribution in [-0.4, -0.2) is 52.3 Å². The van der Waals surface area contributed by atoms with Gasteiger partial charge in [-0.1, -0.05) is 0 Å². The van der Waals surface area contributed by atoms with Crippen LogP contribution in [0.1, 0.15) is 5.56 Å². The van der Waals surface area contributed by atoms with Crippen LogP contribution in [0, 0.1) is 0 Å². The third-order valence-corrected chi connectivity index (χ3v) is 3.67. The molecule has 0 saturated carbocycles. The van der Waals surface area contributed by atoms with Crippen molar-refractivity contribution in [3.8, 4) is 11.5 Å². The molecule has 0 radical (unpaired) electrons. The van der Waals surface area contributed by atoms with E-state index in [1.54, 1.807) is 14.2 Å². The van der Waals surface area contributed by atoms with E-state index < -0.39 is 0 Å². The quantitative estimate of drug-likeness (QED) is 0.259. The molecule has 2 aromatic rings. The third kappa shape index (κ3) is 7.90. The number of nitrogens with one attached hydrogen (secondary N) is 2. The summed E-state index contributed by atoms with van der Waals surface area (Å²) >= 11 is 0. The Hall–Kier alpha value is -2.23. The van der Waals surface area contributed by atoms with Crippen LogP contribution in [0.4, 0.5) is 5.82 Å². The highest BCUT2D eigenvalue weighted by Gasteiger charge is 2.02. The second kappa shape index (κ2) is 12.2. The number of halogens is 1. The van der Waals surface area contributed by atoms with Crippen LogP contribution in [0.5, 0.6) is 11.5 Å². The molecule has 0 amide bonds. The average molecular weight is 485 g/mol. The zero-order valence-electron chi connectivity index (χ0n) is 16.2.